The van der Waals surface area contributed by atoms with Crippen LogP contribution in [0, 0.1) is 5.92 Å². The first-order valence-electron chi connectivity index (χ1n) is 17.2. The molecule has 1 aliphatic heterocycles. The van der Waals surface area contributed by atoms with Crippen LogP contribution in [0.3, 0.4) is 0 Å². The molecule has 2 heterocycles. The predicted molar refractivity (Wildman–Crippen MR) is 187 cm³/mol. The maximum absolute atomic E-state index is 14.2. The summed E-state index contributed by atoms with van der Waals surface area (Å²) in [6, 6.07) is 14.1. The van der Waals surface area contributed by atoms with Crippen LogP contribution >= 0.6 is 0 Å². The number of aromatic nitrogens is 3. The van der Waals surface area contributed by atoms with Crippen LogP contribution in [0.15, 0.2) is 60.8 Å². The van der Waals surface area contributed by atoms with Crippen molar-refractivity contribution >= 4 is 23.6 Å². The van der Waals surface area contributed by atoms with Crippen LogP contribution in [0.4, 0.5) is 0 Å². The number of unbranched alkanes of at least 4 members (excludes halogenated alkanes) is 1. The highest BCUT2D eigenvalue weighted by Gasteiger charge is 2.41. The van der Waals surface area contributed by atoms with Crippen molar-refractivity contribution in [3.63, 3.8) is 0 Å². The predicted octanol–water partition coefficient (Wildman–Crippen LogP) is 3.95. The topological polar surface area (TPSA) is 130 Å². The van der Waals surface area contributed by atoms with Gasteiger partial charge in [-0.3, -0.25) is 23.9 Å². The van der Waals surface area contributed by atoms with Gasteiger partial charge >= 0.3 is 0 Å². The standard InChI is InChI=1S/C37H51N7O5/c1-7-8-20-43-24-28(39-40-43)25-49-33-19-13-12-17-29(33)34(45)38-30(22-26(2)3)35(46)44-21-14-18-31(44)37(48)42(6)32(36(47)41(4)5)23-27-15-10-9-11-16-27/h9-13,15-17,19,24,26,30-32H,7-8,14,18,20-23,25H2,1-6H3,(H,38,45)/t30-,31-,32+/m1/s1. The molecule has 0 spiro atoms. The zero-order valence-electron chi connectivity index (χ0n) is 29.7. The summed E-state index contributed by atoms with van der Waals surface area (Å²) in [6.45, 7) is 7.38. The van der Waals surface area contributed by atoms with Crippen molar-refractivity contribution in [1.82, 2.24) is 35.0 Å². The molecule has 2 aromatic carbocycles. The number of carbonyl (C=O) groups is 4. The molecule has 1 saturated heterocycles. The summed E-state index contributed by atoms with van der Waals surface area (Å²) in [4.78, 5) is 59.8. The Bertz CT molecular complexity index is 1560. The molecule has 3 aromatic rings. The maximum Gasteiger partial charge on any atom is 0.255 e. The van der Waals surface area contributed by atoms with Crippen LogP contribution in [0.1, 0.15) is 74.5 Å². The molecule has 0 unspecified atom stereocenters. The smallest absolute Gasteiger partial charge is 0.255 e. The van der Waals surface area contributed by atoms with E-state index in [1.807, 2.05) is 50.4 Å². The molecule has 1 aromatic heterocycles. The molecule has 0 radical (unpaired) electrons. The van der Waals surface area contributed by atoms with Crippen molar-refractivity contribution in [2.75, 3.05) is 27.7 Å². The average molecular weight is 674 g/mol. The van der Waals surface area contributed by atoms with E-state index in [0.717, 1.165) is 24.9 Å². The molecule has 12 nitrogen and oxygen atoms in total. The van der Waals surface area contributed by atoms with E-state index >= 15 is 0 Å². The molecule has 12 heteroatoms. The molecule has 4 rings (SSSR count). The zero-order chi connectivity index (χ0) is 35.5. The van der Waals surface area contributed by atoms with Gasteiger partial charge in [0.1, 0.15) is 36.2 Å². The fourth-order valence-corrected chi connectivity index (χ4v) is 6.10. The molecule has 1 aliphatic rings. The Labute approximate surface area is 289 Å². The van der Waals surface area contributed by atoms with Gasteiger partial charge in [-0.15, -0.1) is 5.10 Å². The van der Waals surface area contributed by atoms with Gasteiger partial charge in [0.05, 0.1) is 11.8 Å². The average Bonchev–Trinajstić information content (AvgIpc) is 3.77. The number of carbonyl (C=O) groups excluding carboxylic acids is 4. The Morgan fingerprint density at radius 3 is 2.43 bits per heavy atom. The zero-order valence-corrected chi connectivity index (χ0v) is 29.7. The number of ether oxygens (including phenoxy) is 1. The summed E-state index contributed by atoms with van der Waals surface area (Å²) in [5.41, 5.74) is 1.87. The van der Waals surface area contributed by atoms with E-state index in [1.165, 1.54) is 9.80 Å². The Kier molecular flexibility index (Phi) is 13.3. The third-order valence-corrected chi connectivity index (χ3v) is 8.78. The van der Waals surface area contributed by atoms with Crippen molar-refractivity contribution in [2.24, 2.45) is 5.92 Å². The van der Waals surface area contributed by atoms with Gasteiger partial charge in [-0.1, -0.05) is 74.9 Å². The molecule has 1 N–H and O–H groups in total. The second-order valence-electron chi connectivity index (χ2n) is 13.3. The van der Waals surface area contributed by atoms with E-state index in [1.54, 1.807) is 55.0 Å². The molecule has 264 valence electrons. The number of likely N-dealkylation sites (N-methyl/N-ethyl adjacent to an activating group) is 2. The number of likely N-dealkylation sites (tertiary alicyclic amines) is 1. The van der Waals surface area contributed by atoms with Crippen LogP contribution < -0.4 is 10.1 Å². The van der Waals surface area contributed by atoms with Gasteiger partial charge in [-0.2, -0.15) is 0 Å². The molecule has 0 aliphatic carbocycles. The van der Waals surface area contributed by atoms with Crippen molar-refractivity contribution in [3.05, 3.63) is 77.6 Å². The molecule has 3 atom stereocenters. The number of hydrogen-bond acceptors (Lipinski definition) is 7. The van der Waals surface area contributed by atoms with Gasteiger partial charge < -0.3 is 24.8 Å². The molecular weight excluding hydrogens is 622 g/mol. The second kappa shape index (κ2) is 17.6. The highest BCUT2D eigenvalue weighted by atomic mass is 16.5. The third kappa shape index (κ3) is 9.90. The summed E-state index contributed by atoms with van der Waals surface area (Å²) in [7, 11) is 4.98. The van der Waals surface area contributed by atoms with Crippen LogP contribution in [-0.2, 0) is 34.0 Å². The number of aryl methyl sites for hydroxylation is 1. The fourth-order valence-electron chi connectivity index (χ4n) is 6.10. The van der Waals surface area contributed by atoms with Gasteiger partial charge in [0, 0.05) is 40.7 Å². The van der Waals surface area contributed by atoms with Crippen molar-refractivity contribution in [2.45, 2.75) is 90.6 Å². The Morgan fingerprint density at radius 1 is 1.02 bits per heavy atom. The Hall–Kier alpha value is -4.74. The molecular formula is C37H51N7O5. The van der Waals surface area contributed by atoms with Gasteiger partial charge in [-0.05, 0) is 49.3 Å². The molecule has 1 fully saturated rings. The molecule has 0 bridgehead atoms. The Morgan fingerprint density at radius 2 is 1.73 bits per heavy atom. The number of para-hydroxylation sites is 1. The van der Waals surface area contributed by atoms with Crippen LogP contribution in [0.2, 0.25) is 0 Å². The van der Waals surface area contributed by atoms with Crippen molar-refractivity contribution < 1.29 is 23.9 Å². The van der Waals surface area contributed by atoms with Crippen molar-refractivity contribution in [1.29, 1.82) is 0 Å². The maximum atomic E-state index is 14.2. The molecule has 4 amide bonds. The number of hydrogen-bond donors (Lipinski definition) is 1. The minimum atomic E-state index is -0.860. The largest absolute Gasteiger partial charge is 0.486 e. The van der Waals surface area contributed by atoms with E-state index in [-0.39, 0.29) is 30.2 Å². The lowest BCUT2D eigenvalue weighted by atomic mass is 10.0. The summed E-state index contributed by atoms with van der Waals surface area (Å²) in [5.74, 6) is -0.787. The SMILES string of the molecule is CCCCn1cc(COc2ccccc2C(=O)N[C@H](CC(C)C)C(=O)N2CCC[C@@H]2C(=O)N(C)[C@@H](Cc2ccccc2)C(=O)N(C)C)nn1. The van der Waals surface area contributed by atoms with E-state index in [2.05, 4.69) is 22.6 Å². The lowest BCUT2D eigenvalue weighted by Gasteiger charge is -2.35. The second-order valence-corrected chi connectivity index (χ2v) is 13.3. The number of nitrogens with one attached hydrogen (secondary N) is 1. The highest BCUT2D eigenvalue weighted by Crippen LogP contribution is 2.25. The van der Waals surface area contributed by atoms with Crippen LogP contribution in [0.25, 0.3) is 0 Å². The third-order valence-electron chi connectivity index (χ3n) is 8.78. The first kappa shape index (κ1) is 37.1. The normalized spacial score (nSPS) is 15.5. The fraction of sp³-hybridized carbons (Fsp3) is 0.514. The summed E-state index contributed by atoms with van der Waals surface area (Å²) >= 11 is 0. The van der Waals surface area contributed by atoms with Gasteiger partial charge in [0.15, 0.2) is 0 Å². The number of rotatable bonds is 16. The summed E-state index contributed by atoms with van der Waals surface area (Å²) in [5, 5.41) is 11.3. The molecule has 49 heavy (non-hydrogen) atoms. The van der Waals surface area contributed by atoms with Gasteiger partial charge in [-0.25, -0.2) is 0 Å². The quantitative estimate of drug-likeness (QED) is 0.244. The van der Waals surface area contributed by atoms with Gasteiger partial charge in [0.2, 0.25) is 17.7 Å². The lowest BCUT2D eigenvalue weighted by molar-refractivity contribution is -0.149. The Balaban J connectivity index is 1.48. The van der Waals surface area contributed by atoms with E-state index in [4.69, 9.17) is 4.74 Å². The summed E-state index contributed by atoms with van der Waals surface area (Å²) < 4.78 is 7.79. The van der Waals surface area contributed by atoms with E-state index < -0.39 is 24.0 Å². The minimum Gasteiger partial charge on any atom is -0.486 e. The summed E-state index contributed by atoms with van der Waals surface area (Å²) in [6.07, 6.45) is 5.74. The van der Waals surface area contributed by atoms with E-state index in [9.17, 15) is 19.2 Å². The minimum absolute atomic E-state index is 0.0865. The number of benzene rings is 2. The van der Waals surface area contributed by atoms with E-state index in [0.29, 0.717) is 49.2 Å². The lowest BCUT2D eigenvalue weighted by Crippen LogP contribution is -2.57. The van der Waals surface area contributed by atoms with Crippen molar-refractivity contribution in [3.8, 4) is 5.75 Å². The first-order chi connectivity index (χ1) is 23.5. The van der Waals surface area contributed by atoms with Crippen LogP contribution in [-0.4, -0.2) is 99.1 Å². The molecule has 0 saturated carbocycles. The number of amides is 4. The monoisotopic (exact) mass is 673 g/mol. The van der Waals surface area contributed by atoms with Crippen LogP contribution in [0.5, 0.6) is 5.75 Å². The van der Waals surface area contributed by atoms with Gasteiger partial charge in [0.25, 0.3) is 5.91 Å². The first-order valence-corrected chi connectivity index (χ1v) is 17.2. The highest BCUT2D eigenvalue weighted by molar-refractivity contribution is 6.00. The number of nitrogens with zero attached hydrogens (tertiary/aromatic N) is 6.